The predicted octanol–water partition coefficient (Wildman–Crippen LogP) is 2.14. The van der Waals surface area contributed by atoms with Crippen molar-refractivity contribution in [3.63, 3.8) is 0 Å². The molecule has 1 saturated heterocycles. The summed E-state index contributed by atoms with van der Waals surface area (Å²) in [5.41, 5.74) is 0.461. The fourth-order valence-corrected chi connectivity index (χ4v) is 3.53. The fourth-order valence-electron chi connectivity index (χ4n) is 2.99. The molecule has 0 aromatic carbocycles. The lowest BCUT2D eigenvalue weighted by Crippen LogP contribution is -2.58. The van der Waals surface area contributed by atoms with Crippen LogP contribution in [0.5, 0.6) is 0 Å². The summed E-state index contributed by atoms with van der Waals surface area (Å²) in [6.07, 6.45) is 5.46. The Labute approximate surface area is 131 Å². The van der Waals surface area contributed by atoms with Gasteiger partial charge in [-0.05, 0) is 15.9 Å². The van der Waals surface area contributed by atoms with Crippen molar-refractivity contribution >= 4 is 21.8 Å². The monoisotopic (exact) mass is 351 g/mol. The van der Waals surface area contributed by atoms with E-state index in [2.05, 4.69) is 39.9 Å². The zero-order chi connectivity index (χ0) is 15.4. The number of carbonyl (C=O) groups is 1. The van der Waals surface area contributed by atoms with Gasteiger partial charge in [0.05, 0.1) is 10.5 Å². The Hall–Kier alpha value is -1.63. The topological polar surface area (TPSA) is 56.0 Å². The van der Waals surface area contributed by atoms with E-state index >= 15 is 0 Å². The number of likely N-dealkylation sites (tertiary alicyclic amines) is 1. The molecule has 2 aromatic rings. The molecule has 2 aromatic heterocycles. The van der Waals surface area contributed by atoms with Gasteiger partial charge in [-0.2, -0.15) is 5.10 Å². The molecule has 1 unspecified atom stereocenters. The Morgan fingerprint density at radius 2 is 2.14 bits per heavy atom. The first-order chi connectivity index (χ1) is 9.81. The van der Waals surface area contributed by atoms with E-state index in [1.54, 1.807) is 24.1 Å². The van der Waals surface area contributed by atoms with E-state index in [9.17, 15) is 4.79 Å². The summed E-state index contributed by atoms with van der Waals surface area (Å²) in [7, 11) is 3.76. The summed E-state index contributed by atoms with van der Waals surface area (Å²) in [5.74, 6) is 0.849. The van der Waals surface area contributed by atoms with E-state index in [0.717, 1.165) is 10.3 Å². The summed E-state index contributed by atoms with van der Waals surface area (Å²) in [4.78, 5) is 19.0. The minimum atomic E-state index is -0.0604. The lowest BCUT2D eigenvalue weighted by Gasteiger charge is -2.53. The molecule has 1 aliphatic heterocycles. The Kier molecular flexibility index (Phi) is 3.20. The second-order valence-corrected chi connectivity index (χ2v) is 7.07. The lowest BCUT2D eigenvalue weighted by atomic mass is 9.74. The standard InChI is InChI=1S/C14H18BrN5O/c1-14(2)8-20(11(14)12-16-5-6-18(12)3)13(21)10-9(15)7-19(4)17-10/h5-7,11H,8H2,1-4H3. The first kappa shape index (κ1) is 14.3. The van der Waals surface area contributed by atoms with Gasteiger partial charge in [-0.15, -0.1) is 0 Å². The van der Waals surface area contributed by atoms with Crippen LogP contribution in [-0.2, 0) is 14.1 Å². The number of hydrogen-bond acceptors (Lipinski definition) is 3. The molecule has 0 N–H and O–H groups in total. The molecule has 0 aliphatic carbocycles. The average molecular weight is 352 g/mol. The molecule has 6 nitrogen and oxygen atoms in total. The van der Waals surface area contributed by atoms with Crippen LogP contribution in [0.25, 0.3) is 0 Å². The van der Waals surface area contributed by atoms with Crippen LogP contribution < -0.4 is 0 Å². The van der Waals surface area contributed by atoms with Crippen molar-refractivity contribution in [3.8, 4) is 0 Å². The molecule has 0 bridgehead atoms. The molecule has 112 valence electrons. The van der Waals surface area contributed by atoms with E-state index in [0.29, 0.717) is 12.2 Å². The van der Waals surface area contributed by atoms with Gasteiger partial charge in [0.2, 0.25) is 0 Å². The molecule has 1 fully saturated rings. The van der Waals surface area contributed by atoms with E-state index in [1.807, 2.05) is 22.7 Å². The van der Waals surface area contributed by atoms with Crippen LogP contribution >= 0.6 is 15.9 Å². The molecular weight excluding hydrogens is 334 g/mol. The van der Waals surface area contributed by atoms with Crippen LogP contribution in [0.15, 0.2) is 23.1 Å². The molecule has 1 atom stereocenters. The SMILES string of the molecule is Cn1cc(Br)c(C(=O)N2CC(C)(C)C2c2nccn2C)n1. The Morgan fingerprint density at radius 1 is 1.43 bits per heavy atom. The molecule has 1 amide bonds. The number of aromatic nitrogens is 4. The van der Waals surface area contributed by atoms with Gasteiger partial charge in [-0.3, -0.25) is 9.48 Å². The average Bonchev–Trinajstić information content (AvgIpc) is 2.93. The molecule has 3 heterocycles. The molecule has 0 radical (unpaired) electrons. The maximum atomic E-state index is 12.7. The minimum absolute atomic E-state index is 0.00995. The quantitative estimate of drug-likeness (QED) is 0.832. The van der Waals surface area contributed by atoms with Crippen molar-refractivity contribution in [2.24, 2.45) is 19.5 Å². The maximum absolute atomic E-state index is 12.7. The maximum Gasteiger partial charge on any atom is 0.276 e. The number of aryl methyl sites for hydroxylation is 2. The van der Waals surface area contributed by atoms with Gasteiger partial charge in [0.25, 0.3) is 5.91 Å². The zero-order valence-electron chi connectivity index (χ0n) is 12.5. The van der Waals surface area contributed by atoms with E-state index in [-0.39, 0.29) is 17.4 Å². The zero-order valence-corrected chi connectivity index (χ0v) is 14.1. The van der Waals surface area contributed by atoms with Crippen molar-refractivity contribution in [2.45, 2.75) is 19.9 Å². The van der Waals surface area contributed by atoms with Crippen molar-refractivity contribution in [3.05, 3.63) is 34.6 Å². The van der Waals surface area contributed by atoms with Crippen molar-refractivity contribution < 1.29 is 4.79 Å². The van der Waals surface area contributed by atoms with E-state index in [4.69, 9.17) is 0 Å². The number of rotatable bonds is 2. The third kappa shape index (κ3) is 2.19. The fraction of sp³-hybridized carbons (Fsp3) is 0.500. The molecule has 21 heavy (non-hydrogen) atoms. The van der Waals surface area contributed by atoms with Crippen molar-refractivity contribution in [2.75, 3.05) is 6.54 Å². The third-order valence-electron chi connectivity index (χ3n) is 3.98. The minimum Gasteiger partial charge on any atom is -0.336 e. The van der Waals surface area contributed by atoms with Crippen LogP contribution in [0, 0.1) is 5.41 Å². The van der Waals surface area contributed by atoms with Gasteiger partial charge in [0, 0.05) is 44.6 Å². The molecule has 0 saturated carbocycles. The second-order valence-electron chi connectivity index (χ2n) is 6.22. The normalized spacial score (nSPS) is 20.4. The summed E-state index contributed by atoms with van der Waals surface area (Å²) >= 11 is 3.40. The molecule has 3 rings (SSSR count). The van der Waals surface area contributed by atoms with Crippen LogP contribution in [0.2, 0.25) is 0 Å². The van der Waals surface area contributed by atoms with Gasteiger partial charge in [0.15, 0.2) is 5.69 Å². The van der Waals surface area contributed by atoms with E-state index in [1.165, 1.54) is 0 Å². The van der Waals surface area contributed by atoms with Crippen LogP contribution in [-0.4, -0.2) is 36.7 Å². The summed E-state index contributed by atoms with van der Waals surface area (Å²) < 4.78 is 4.33. The summed E-state index contributed by atoms with van der Waals surface area (Å²) in [6.45, 7) is 5.01. The largest absolute Gasteiger partial charge is 0.336 e. The van der Waals surface area contributed by atoms with Crippen LogP contribution in [0.1, 0.15) is 36.2 Å². The highest BCUT2D eigenvalue weighted by atomic mass is 79.9. The summed E-state index contributed by atoms with van der Waals surface area (Å²) in [5, 5.41) is 4.25. The Balaban J connectivity index is 1.94. The Bertz CT molecular complexity index is 702. The number of amides is 1. The number of carbonyl (C=O) groups excluding carboxylic acids is 1. The van der Waals surface area contributed by atoms with Crippen LogP contribution in [0.4, 0.5) is 0 Å². The van der Waals surface area contributed by atoms with E-state index < -0.39 is 0 Å². The van der Waals surface area contributed by atoms with Crippen LogP contribution in [0.3, 0.4) is 0 Å². The van der Waals surface area contributed by atoms with Crippen molar-refractivity contribution in [1.29, 1.82) is 0 Å². The van der Waals surface area contributed by atoms with Crippen molar-refractivity contribution in [1.82, 2.24) is 24.2 Å². The summed E-state index contributed by atoms with van der Waals surface area (Å²) in [6, 6.07) is -0.0288. The molecule has 1 aliphatic rings. The highest BCUT2D eigenvalue weighted by Gasteiger charge is 2.51. The first-order valence-electron chi connectivity index (χ1n) is 6.78. The van der Waals surface area contributed by atoms with Gasteiger partial charge in [0.1, 0.15) is 5.82 Å². The molecule has 0 spiro atoms. The smallest absolute Gasteiger partial charge is 0.276 e. The highest BCUT2D eigenvalue weighted by molar-refractivity contribution is 9.10. The number of nitrogens with zero attached hydrogens (tertiary/aromatic N) is 5. The number of hydrogen-bond donors (Lipinski definition) is 0. The predicted molar refractivity (Wildman–Crippen MR) is 81.7 cm³/mol. The third-order valence-corrected chi connectivity index (χ3v) is 4.56. The first-order valence-corrected chi connectivity index (χ1v) is 7.58. The highest BCUT2D eigenvalue weighted by Crippen LogP contribution is 2.48. The molecular formula is C14H18BrN5O. The Morgan fingerprint density at radius 3 is 2.62 bits per heavy atom. The number of halogens is 1. The van der Waals surface area contributed by atoms with Gasteiger partial charge in [-0.25, -0.2) is 4.98 Å². The van der Waals surface area contributed by atoms with Gasteiger partial charge < -0.3 is 9.47 Å². The number of imidazole rings is 1. The van der Waals surface area contributed by atoms with Gasteiger partial charge >= 0.3 is 0 Å². The molecule has 7 heteroatoms. The lowest BCUT2D eigenvalue weighted by molar-refractivity contribution is -0.0379. The second kappa shape index (κ2) is 4.69. The van der Waals surface area contributed by atoms with Gasteiger partial charge in [-0.1, -0.05) is 13.8 Å².